The molecule has 0 fully saturated rings. The molecule has 2 N–H and O–H groups in total. The zero-order valence-corrected chi connectivity index (χ0v) is 9.11. The van der Waals surface area contributed by atoms with Gasteiger partial charge < -0.3 is 5.73 Å². The summed E-state index contributed by atoms with van der Waals surface area (Å²) in [5.74, 6) is -5.46. The Hall–Kier alpha value is -1.85. The maximum atomic E-state index is 11.4. The average molecular weight is 227 g/mol. The van der Waals surface area contributed by atoms with Crippen molar-refractivity contribution in [3.8, 4) is 0 Å². The molecule has 6 heteroatoms. The zero-order chi connectivity index (χ0) is 12.9. The molecular formula is C10H13NO5. The predicted molar refractivity (Wildman–Crippen MR) is 53.3 cm³/mol. The standard InChI is InChI=1S/C10H13NO5/c1-5(12)3-7(14)9(10(11)16)8(15)4-6(2)13/h9H,3-4H2,1-2H3,(H2,11,16). The number of carbonyl (C=O) groups excluding carboxylic acids is 5. The summed E-state index contributed by atoms with van der Waals surface area (Å²) >= 11 is 0. The monoisotopic (exact) mass is 227 g/mol. The molecule has 0 aromatic carbocycles. The van der Waals surface area contributed by atoms with Crippen LogP contribution in [0.15, 0.2) is 0 Å². The zero-order valence-electron chi connectivity index (χ0n) is 9.11. The Morgan fingerprint density at radius 2 is 1.19 bits per heavy atom. The van der Waals surface area contributed by atoms with E-state index in [1.807, 2.05) is 0 Å². The summed E-state index contributed by atoms with van der Waals surface area (Å²) in [6, 6.07) is 0. The highest BCUT2D eigenvalue weighted by Crippen LogP contribution is 2.07. The van der Waals surface area contributed by atoms with Gasteiger partial charge in [-0.2, -0.15) is 0 Å². The van der Waals surface area contributed by atoms with Crippen LogP contribution in [0, 0.1) is 5.92 Å². The van der Waals surface area contributed by atoms with Crippen LogP contribution in [-0.4, -0.2) is 29.0 Å². The van der Waals surface area contributed by atoms with Gasteiger partial charge in [-0.05, 0) is 13.8 Å². The van der Waals surface area contributed by atoms with Crippen LogP contribution < -0.4 is 5.73 Å². The first-order valence-electron chi connectivity index (χ1n) is 4.59. The van der Waals surface area contributed by atoms with Gasteiger partial charge in [0.05, 0.1) is 12.8 Å². The molecule has 0 unspecified atom stereocenters. The van der Waals surface area contributed by atoms with Crippen molar-refractivity contribution in [3.05, 3.63) is 0 Å². The van der Waals surface area contributed by atoms with Crippen LogP contribution in [0.3, 0.4) is 0 Å². The number of hydrogen-bond donors (Lipinski definition) is 1. The molecule has 0 heterocycles. The van der Waals surface area contributed by atoms with Crippen LogP contribution in [0.4, 0.5) is 0 Å². The minimum absolute atomic E-state index is 0.466. The van der Waals surface area contributed by atoms with Gasteiger partial charge in [-0.15, -0.1) is 0 Å². The second-order valence-electron chi connectivity index (χ2n) is 3.53. The van der Waals surface area contributed by atoms with Gasteiger partial charge in [0.25, 0.3) is 0 Å². The average Bonchev–Trinajstić information content (AvgIpc) is 1.98. The summed E-state index contributed by atoms with van der Waals surface area (Å²) in [6.07, 6.45) is -1.06. The lowest BCUT2D eigenvalue weighted by molar-refractivity contribution is -0.140. The van der Waals surface area contributed by atoms with Gasteiger partial charge in [0.15, 0.2) is 17.5 Å². The van der Waals surface area contributed by atoms with Crippen LogP contribution in [0.1, 0.15) is 26.7 Å². The number of rotatable bonds is 7. The van der Waals surface area contributed by atoms with Crippen LogP contribution in [0.5, 0.6) is 0 Å². The number of primary amides is 1. The molecule has 0 radical (unpaired) electrons. The van der Waals surface area contributed by atoms with Crippen LogP contribution in [0.25, 0.3) is 0 Å². The van der Waals surface area contributed by atoms with E-state index in [4.69, 9.17) is 5.73 Å². The summed E-state index contributed by atoms with van der Waals surface area (Å²) in [6.45, 7) is 2.32. The number of amides is 1. The number of ketones is 4. The summed E-state index contributed by atoms with van der Waals surface area (Å²) in [7, 11) is 0. The van der Waals surface area contributed by atoms with E-state index in [0.717, 1.165) is 13.8 Å². The van der Waals surface area contributed by atoms with Gasteiger partial charge >= 0.3 is 0 Å². The van der Waals surface area contributed by atoms with Gasteiger partial charge in [0.2, 0.25) is 5.91 Å². The molecule has 0 rings (SSSR count). The smallest absolute Gasteiger partial charge is 0.235 e. The summed E-state index contributed by atoms with van der Waals surface area (Å²) in [4.78, 5) is 55.0. The Kier molecular flexibility index (Phi) is 5.21. The molecular weight excluding hydrogens is 214 g/mol. The lowest BCUT2D eigenvalue weighted by Gasteiger charge is -2.08. The molecule has 6 nitrogen and oxygen atoms in total. The molecule has 0 aromatic heterocycles. The lowest BCUT2D eigenvalue weighted by atomic mass is 9.92. The van der Waals surface area contributed by atoms with E-state index in [0.29, 0.717) is 0 Å². The highest BCUT2D eigenvalue weighted by atomic mass is 16.2. The molecule has 0 saturated carbocycles. The van der Waals surface area contributed by atoms with Crippen molar-refractivity contribution in [2.45, 2.75) is 26.7 Å². The normalized spacial score (nSPS) is 9.94. The fourth-order valence-corrected chi connectivity index (χ4v) is 1.19. The molecule has 1 amide bonds. The van der Waals surface area contributed by atoms with Gasteiger partial charge in [0.1, 0.15) is 11.6 Å². The second kappa shape index (κ2) is 5.89. The van der Waals surface area contributed by atoms with Gasteiger partial charge in [-0.25, -0.2) is 0 Å². The SMILES string of the molecule is CC(=O)CC(=O)C(C(N)=O)C(=O)CC(C)=O. The predicted octanol–water partition coefficient (Wildman–Crippen LogP) is -0.816. The van der Waals surface area contributed by atoms with Crippen molar-refractivity contribution >= 4 is 29.0 Å². The summed E-state index contributed by atoms with van der Waals surface area (Å²) in [5.41, 5.74) is 4.89. The summed E-state index contributed by atoms with van der Waals surface area (Å²) in [5, 5.41) is 0. The van der Waals surface area contributed by atoms with Gasteiger partial charge in [0, 0.05) is 0 Å². The molecule has 0 spiro atoms. The first-order valence-corrected chi connectivity index (χ1v) is 4.59. The molecule has 0 aliphatic heterocycles. The number of Topliss-reactive ketones (excluding diaryl/α,β-unsaturated/α-hetero) is 4. The van der Waals surface area contributed by atoms with Crippen LogP contribution >= 0.6 is 0 Å². The fraction of sp³-hybridized carbons (Fsp3) is 0.500. The van der Waals surface area contributed by atoms with Crippen molar-refractivity contribution in [2.24, 2.45) is 11.7 Å². The fourth-order valence-electron chi connectivity index (χ4n) is 1.19. The maximum Gasteiger partial charge on any atom is 0.235 e. The Bertz CT molecular complexity index is 330. The molecule has 0 aliphatic rings. The molecule has 0 aromatic rings. The van der Waals surface area contributed by atoms with Crippen LogP contribution in [0.2, 0.25) is 0 Å². The van der Waals surface area contributed by atoms with Crippen molar-refractivity contribution in [1.82, 2.24) is 0 Å². The van der Waals surface area contributed by atoms with E-state index >= 15 is 0 Å². The Balaban J connectivity index is 4.80. The number of carbonyl (C=O) groups is 5. The Morgan fingerprint density at radius 3 is 1.38 bits per heavy atom. The molecule has 16 heavy (non-hydrogen) atoms. The topological polar surface area (TPSA) is 111 Å². The van der Waals surface area contributed by atoms with Gasteiger partial charge in [-0.3, -0.25) is 24.0 Å². The molecule has 0 saturated heterocycles. The third-order valence-corrected chi connectivity index (χ3v) is 1.77. The minimum Gasteiger partial charge on any atom is -0.369 e. The van der Waals surface area contributed by atoms with Crippen LogP contribution in [-0.2, 0) is 24.0 Å². The first kappa shape index (κ1) is 14.2. The third kappa shape index (κ3) is 4.59. The highest BCUT2D eigenvalue weighted by molar-refractivity contribution is 6.23. The molecule has 0 bridgehead atoms. The van der Waals surface area contributed by atoms with E-state index in [1.165, 1.54) is 0 Å². The van der Waals surface area contributed by atoms with Gasteiger partial charge in [-0.1, -0.05) is 0 Å². The number of hydrogen-bond acceptors (Lipinski definition) is 5. The van der Waals surface area contributed by atoms with Crippen molar-refractivity contribution in [2.75, 3.05) is 0 Å². The van der Waals surface area contributed by atoms with Crippen molar-refractivity contribution in [3.63, 3.8) is 0 Å². The lowest BCUT2D eigenvalue weighted by Crippen LogP contribution is -2.38. The highest BCUT2D eigenvalue weighted by Gasteiger charge is 2.32. The van der Waals surface area contributed by atoms with Crippen molar-refractivity contribution in [1.29, 1.82) is 0 Å². The van der Waals surface area contributed by atoms with Crippen molar-refractivity contribution < 1.29 is 24.0 Å². The Morgan fingerprint density at radius 1 is 0.875 bits per heavy atom. The summed E-state index contributed by atoms with van der Waals surface area (Å²) < 4.78 is 0. The second-order valence-corrected chi connectivity index (χ2v) is 3.53. The van der Waals surface area contributed by atoms with E-state index in [2.05, 4.69) is 0 Å². The van der Waals surface area contributed by atoms with E-state index in [9.17, 15) is 24.0 Å². The molecule has 0 aliphatic carbocycles. The quantitative estimate of drug-likeness (QED) is 0.571. The molecule has 0 atom stereocenters. The largest absolute Gasteiger partial charge is 0.369 e. The third-order valence-electron chi connectivity index (χ3n) is 1.77. The first-order chi connectivity index (χ1) is 7.25. The minimum atomic E-state index is -1.69. The number of nitrogens with two attached hydrogens (primary N) is 1. The Labute approximate surface area is 92.2 Å². The maximum absolute atomic E-state index is 11.4. The van der Waals surface area contributed by atoms with E-state index in [-0.39, 0.29) is 0 Å². The van der Waals surface area contributed by atoms with E-state index < -0.39 is 47.8 Å². The molecule has 88 valence electrons. The van der Waals surface area contributed by atoms with E-state index in [1.54, 1.807) is 0 Å².